The zero-order valence-corrected chi connectivity index (χ0v) is 14.5. The largest absolute Gasteiger partial charge is 0.316 e. The Hall–Kier alpha value is -1.79. The van der Waals surface area contributed by atoms with Crippen LogP contribution in [0.4, 0.5) is 5.13 Å². The van der Waals surface area contributed by atoms with Gasteiger partial charge in [-0.25, -0.2) is 0 Å². The highest BCUT2D eigenvalue weighted by Crippen LogP contribution is 2.34. The van der Waals surface area contributed by atoms with Crippen LogP contribution in [0.2, 0.25) is 0 Å². The van der Waals surface area contributed by atoms with E-state index in [0.29, 0.717) is 11.0 Å². The molecule has 2 N–H and O–H groups in total. The van der Waals surface area contributed by atoms with Crippen LogP contribution in [0.25, 0.3) is 0 Å². The lowest BCUT2D eigenvalue weighted by atomic mass is 9.85. The molecule has 1 aliphatic rings. The van der Waals surface area contributed by atoms with Gasteiger partial charge in [-0.2, -0.15) is 0 Å². The zero-order valence-electron chi connectivity index (χ0n) is 13.7. The number of aromatic nitrogens is 2. The van der Waals surface area contributed by atoms with Crippen LogP contribution in [-0.2, 0) is 10.2 Å². The first kappa shape index (κ1) is 16.1. The summed E-state index contributed by atoms with van der Waals surface area (Å²) >= 11 is 1.45. The minimum Gasteiger partial charge on any atom is -0.316 e. The molecule has 1 aromatic heterocycles. The summed E-state index contributed by atoms with van der Waals surface area (Å²) in [5, 5.41) is 16.0. The van der Waals surface area contributed by atoms with Gasteiger partial charge >= 0.3 is 0 Å². The second-order valence-electron chi connectivity index (χ2n) is 6.60. The van der Waals surface area contributed by atoms with Crippen LogP contribution < -0.4 is 10.6 Å². The molecular weight excluding hydrogens is 308 g/mol. The number of hydrogen-bond donors (Lipinski definition) is 2. The highest BCUT2D eigenvalue weighted by molar-refractivity contribution is 7.15. The van der Waals surface area contributed by atoms with Crippen molar-refractivity contribution in [3.63, 3.8) is 0 Å². The normalized spacial score (nSPS) is 16.7. The van der Waals surface area contributed by atoms with E-state index in [-0.39, 0.29) is 17.2 Å². The molecule has 1 aliphatic heterocycles. The molecule has 3 rings (SSSR count). The number of nitrogens with one attached hydrogen (secondary N) is 2. The van der Waals surface area contributed by atoms with E-state index < -0.39 is 0 Å². The predicted molar refractivity (Wildman–Crippen MR) is 92.6 cm³/mol. The average molecular weight is 330 g/mol. The molecule has 23 heavy (non-hydrogen) atoms. The second-order valence-corrected chi connectivity index (χ2v) is 7.58. The molecule has 0 saturated carbocycles. The molecule has 2 aromatic rings. The first-order valence-corrected chi connectivity index (χ1v) is 8.71. The summed E-state index contributed by atoms with van der Waals surface area (Å²) in [6, 6.07) is 10.2. The summed E-state index contributed by atoms with van der Waals surface area (Å²) in [7, 11) is 0. The van der Waals surface area contributed by atoms with Gasteiger partial charge in [-0.15, -0.1) is 10.2 Å². The Labute approximate surface area is 140 Å². The van der Waals surface area contributed by atoms with Crippen molar-refractivity contribution >= 4 is 22.4 Å². The monoisotopic (exact) mass is 330 g/mol. The standard InChI is InChI=1S/C17H22N4OS/c1-11(12-9-18-10-12)14(22)19-16-21-20-15(23-16)17(2,3)13-7-5-4-6-8-13/h4-8,11-12,18H,9-10H2,1-3H3,(H,19,21,22). The first-order chi connectivity index (χ1) is 11.0. The van der Waals surface area contributed by atoms with Crippen LogP contribution in [0.3, 0.4) is 0 Å². The third-order valence-electron chi connectivity index (χ3n) is 4.62. The maximum Gasteiger partial charge on any atom is 0.229 e. The molecule has 1 amide bonds. The molecule has 6 heteroatoms. The summed E-state index contributed by atoms with van der Waals surface area (Å²) in [6.07, 6.45) is 0. The van der Waals surface area contributed by atoms with Crippen LogP contribution in [0, 0.1) is 11.8 Å². The molecule has 5 nitrogen and oxygen atoms in total. The van der Waals surface area contributed by atoms with Gasteiger partial charge in [-0.05, 0) is 38.4 Å². The lowest BCUT2D eigenvalue weighted by Crippen LogP contribution is -2.48. The van der Waals surface area contributed by atoms with Crippen molar-refractivity contribution in [2.75, 3.05) is 18.4 Å². The number of carbonyl (C=O) groups excluding carboxylic acids is 1. The first-order valence-electron chi connectivity index (χ1n) is 7.89. The molecule has 0 aliphatic carbocycles. The minimum atomic E-state index is -0.231. The van der Waals surface area contributed by atoms with Gasteiger partial charge < -0.3 is 10.6 Å². The van der Waals surface area contributed by atoms with Crippen LogP contribution in [-0.4, -0.2) is 29.2 Å². The number of amides is 1. The summed E-state index contributed by atoms with van der Waals surface area (Å²) in [5.74, 6) is 0.436. The fourth-order valence-electron chi connectivity index (χ4n) is 2.60. The molecule has 1 unspecified atom stereocenters. The van der Waals surface area contributed by atoms with E-state index in [2.05, 4.69) is 46.8 Å². The summed E-state index contributed by atoms with van der Waals surface area (Å²) in [6.45, 7) is 8.04. The van der Waals surface area contributed by atoms with Gasteiger partial charge in [0.15, 0.2) is 0 Å². The Kier molecular flexibility index (Phi) is 4.46. The Morgan fingerprint density at radius 1 is 1.30 bits per heavy atom. The topological polar surface area (TPSA) is 66.9 Å². The van der Waals surface area contributed by atoms with Crippen molar-refractivity contribution in [2.24, 2.45) is 11.8 Å². The van der Waals surface area contributed by atoms with Gasteiger partial charge in [0.1, 0.15) is 5.01 Å². The van der Waals surface area contributed by atoms with Gasteiger partial charge in [0.05, 0.1) is 0 Å². The van der Waals surface area contributed by atoms with Crippen LogP contribution in [0.15, 0.2) is 30.3 Å². The van der Waals surface area contributed by atoms with Crippen molar-refractivity contribution < 1.29 is 4.79 Å². The molecular formula is C17H22N4OS. The highest BCUT2D eigenvalue weighted by Gasteiger charge is 2.31. The molecule has 1 atom stereocenters. The van der Waals surface area contributed by atoms with Crippen LogP contribution in [0.5, 0.6) is 0 Å². The highest BCUT2D eigenvalue weighted by atomic mass is 32.1. The van der Waals surface area contributed by atoms with Crippen molar-refractivity contribution in [2.45, 2.75) is 26.2 Å². The van der Waals surface area contributed by atoms with Crippen molar-refractivity contribution in [1.82, 2.24) is 15.5 Å². The second kappa shape index (κ2) is 6.37. The van der Waals surface area contributed by atoms with E-state index in [1.54, 1.807) is 0 Å². The van der Waals surface area contributed by atoms with E-state index >= 15 is 0 Å². The molecule has 1 fully saturated rings. The Balaban J connectivity index is 1.71. The van der Waals surface area contributed by atoms with Crippen LogP contribution >= 0.6 is 11.3 Å². The quantitative estimate of drug-likeness (QED) is 0.884. The van der Waals surface area contributed by atoms with Gasteiger partial charge in [0.2, 0.25) is 11.0 Å². The van der Waals surface area contributed by atoms with Gasteiger partial charge in [0.25, 0.3) is 0 Å². The Morgan fingerprint density at radius 3 is 2.61 bits per heavy atom. The lowest BCUT2D eigenvalue weighted by molar-refractivity contribution is -0.121. The van der Waals surface area contributed by atoms with Gasteiger partial charge in [0, 0.05) is 11.3 Å². The molecule has 2 heterocycles. The number of carbonyl (C=O) groups is 1. The molecule has 0 spiro atoms. The predicted octanol–water partition coefficient (Wildman–Crippen LogP) is 2.66. The molecule has 0 radical (unpaired) electrons. The number of anilines is 1. The van der Waals surface area contributed by atoms with E-state index in [4.69, 9.17) is 0 Å². The third kappa shape index (κ3) is 3.28. The van der Waals surface area contributed by atoms with E-state index in [9.17, 15) is 4.79 Å². The van der Waals surface area contributed by atoms with Crippen molar-refractivity contribution in [1.29, 1.82) is 0 Å². The van der Waals surface area contributed by atoms with E-state index in [0.717, 1.165) is 18.1 Å². The zero-order chi connectivity index (χ0) is 16.4. The van der Waals surface area contributed by atoms with Crippen molar-refractivity contribution in [3.05, 3.63) is 40.9 Å². The third-order valence-corrected chi connectivity index (χ3v) is 5.78. The van der Waals surface area contributed by atoms with Gasteiger partial charge in [-0.3, -0.25) is 4.79 Å². The summed E-state index contributed by atoms with van der Waals surface area (Å²) < 4.78 is 0. The van der Waals surface area contributed by atoms with E-state index in [1.165, 1.54) is 16.9 Å². The number of benzene rings is 1. The average Bonchev–Trinajstić information content (AvgIpc) is 2.95. The SMILES string of the molecule is CC(C(=O)Nc1nnc(C(C)(C)c2ccccc2)s1)C1CNC1. The Morgan fingerprint density at radius 2 is 2.00 bits per heavy atom. The molecule has 0 bridgehead atoms. The minimum absolute atomic E-state index is 0.00858. The van der Waals surface area contributed by atoms with Gasteiger partial charge in [-0.1, -0.05) is 48.6 Å². The molecule has 1 saturated heterocycles. The number of hydrogen-bond acceptors (Lipinski definition) is 5. The maximum absolute atomic E-state index is 12.3. The van der Waals surface area contributed by atoms with Crippen molar-refractivity contribution in [3.8, 4) is 0 Å². The fourth-order valence-corrected chi connectivity index (χ4v) is 3.47. The number of nitrogens with zero attached hydrogens (tertiary/aromatic N) is 2. The van der Waals surface area contributed by atoms with Crippen LogP contribution in [0.1, 0.15) is 31.3 Å². The fraction of sp³-hybridized carbons (Fsp3) is 0.471. The lowest BCUT2D eigenvalue weighted by Gasteiger charge is -2.31. The molecule has 1 aromatic carbocycles. The maximum atomic E-state index is 12.3. The number of rotatable bonds is 5. The molecule has 122 valence electrons. The summed E-state index contributed by atoms with van der Waals surface area (Å²) in [5.41, 5.74) is 0.953. The van der Waals surface area contributed by atoms with E-state index in [1.807, 2.05) is 25.1 Å². The Bertz CT molecular complexity index is 679. The smallest absolute Gasteiger partial charge is 0.229 e. The summed E-state index contributed by atoms with van der Waals surface area (Å²) in [4.78, 5) is 12.3.